The largest absolute Gasteiger partial charge is 0.478 e. The first-order chi connectivity index (χ1) is 13.0. The molecular formula is C21H22FNO4. The van der Waals surface area contributed by atoms with Crippen LogP contribution in [0.1, 0.15) is 34.3 Å². The van der Waals surface area contributed by atoms with Crippen LogP contribution in [-0.2, 0) is 22.5 Å². The first kappa shape index (κ1) is 19.0. The number of carboxylic acid groups (broad SMARTS) is 1. The normalized spacial score (nSPS) is 16.3. The molecule has 1 fully saturated rings. The van der Waals surface area contributed by atoms with Gasteiger partial charge in [0.2, 0.25) is 5.91 Å². The maximum absolute atomic E-state index is 13.5. The molecule has 2 aromatic carbocycles. The molecule has 1 amide bonds. The molecule has 2 aromatic rings. The van der Waals surface area contributed by atoms with Gasteiger partial charge < -0.3 is 14.7 Å². The van der Waals surface area contributed by atoms with Crippen LogP contribution in [-0.4, -0.2) is 41.1 Å². The van der Waals surface area contributed by atoms with Crippen LogP contribution in [0.5, 0.6) is 0 Å². The Morgan fingerprint density at radius 3 is 2.56 bits per heavy atom. The lowest BCUT2D eigenvalue weighted by molar-refractivity contribution is -0.132. The van der Waals surface area contributed by atoms with Gasteiger partial charge in [-0.1, -0.05) is 24.3 Å². The molecule has 1 N–H and O–H groups in total. The number of aromatic carboxylic acids is 1. The SMILES string of the molecule is O=C(O)c1ccc(CC(=O)N(Cc2cccc(F)c2)CC2CCCO2)cc1. The highest BCUT2D eigenvalue weighted by Gasteiger charge is 2.23. The van der Waals surface area contributed by atoms with Crippen LogP contribution in [0.4, 0.5) is 4.39 Å². The van der Waals surface area contributed by atoms with Crippen molar-refractivity contribution >= 4 is 11.9 Å². The zero-order chi connectivity index (χ0) is 19.2. The third kappa shape index (κ3) is 5.37. The Hall–Kier alpha value is -2.73. The molecule has 1 saturated heterocycles. The highest BCUT2D eigenvalue weighted by Crippen LogP contribution is 2.17. The zero-order valence-electron chi connectivity index (χ0n) is 14.9. The standard InChI is InChI=1S/C21H22FNO4/c22-18-4-1-3-16(11-18)13-23(14-19-5-2-10-27-19)20(24)12-15-6-8-17(9-7-15)21(25)26/h1,3-4,6-9,11,19H,2,5,10,12-14H2,(H,25,26). The van der Waals surface area contributed by atoms with Crippen LogP contribution in [0.3, 0.4) is 0 Å². The molecule has 1 aliphatic heterocycles. The van der Waals surface area contributed by atoms with Crippen molar-refractivity contribution in [2.75, 3.05) is 13.2 Å². The summed E-state index contributed by atoms with van der Waals surface area (Å²) in [5, 5.41) is 8.97. The minimum absolute atomic E-state index is 0.00287. The lowest BCUT2D eigenvalue weighted by Gasteiger charge is -2.26. The third-order valence-electron chi connectivity index (χ3n) is 4.62. The number of nitrogens with zero attached hydrogens (tertiary/aromatic N) is 1. The van der Waals surface area contributed by atoms with Crippen molar-refractivity contribution in [3.05, 3.63) is 71.0 Å². The highest BCUT2D eigenvalue weighted by atomic mass is 19.1. The van der Waals surface area contributed by atoms with E-state index in [4.69, 9.17) is 9.84 Å². The fourth-order valence-corrected chi connectivity index (χ4v) is 3.20. The number of amides is 1. The summed E-state index contributed by atoms with van der Waals surface area (Å²) in [6.07, 6.45) is 2.03. The van der Waals surface area contributed by atoms with Crippen LogP contribution in [0.15, 0.2) is 48.5 Å². The number of carboxylic acids is 1. The van der Waals surface area contributed by atoms with Crippen LogP contribution >= 0.6 is 0 Å². The Bertz CT molecular complexity index is 800. The number of carbonyl (C=O) groups is 2. The van der Waals surface area contributed by atoms with Crippen LogP contribution < -0.4 is 0 Å². The van der Waals surface area contributed by atoms with E-state index in [1.54, 1.807) is 29.2 Å². The Balaban J connectivity index is 1.71. The second-order valence-electron chi connectivity index (χ2n) is 6.72. The summed E-state index contributed by atoms with van der Waals surface area (Å²) >= 11 is 0. The molecule has 0 aliphatic carbocycles. The second-order valence-corrected chi connectivity index (χ2v) is 6.72. The Morgan fingerprint density at radius 1 is 1.15 bits per heavy atom. The van der Waals surface area contributed by atoms with Crippen molar-refractivity contribution in [2.24, 2.45) is 0 Å². The van der Waals surface area contributed by atoms with Crippen molar-refractivity contribution in [1.29, 1.82) is 0 Å². The van der Waals surface area contributed by atoms with Crippen LogP contribution in [0, 0.1) is 5.82 Å². The van der Waals surface area contributed by atoms with Gasteiger partial charge in [0, 0.05) is 19.7 Å². The molecule has 0 radical (unpaired) electrons. The molecule has 5 nitrogen and oxygen atoms in total. The topological polar surface area (TPSA) is 66.8 Å². The number of hydrogen-bond donors (Lipinski definition) is 1. The monoisotopic (exact) mass is 371 g/mol. The molecule has 0 bridgehead atoms. The quantitative estimate of drug-likeness (QED) is 0.811. The van der Waals surface area contributed by atoms with E-state index in [0.717, 1.165) is 24.0 Å². The molecule has 0 saturated carbocycles. The summed E-state index contributed by atoms with van der Waals surface area (Å²) in [6.45, 7) is 1.47. The van der Waals surface area contributed by atoms with E-state index in [9.17, 15) is 14.0 Å². The highest BCUT2D eigenvalue weighted by molar-refractivity contribution is 5.87. The first-order valence-corrected chi connectivity index (χ1v) is 8.97. The number of hydrogen-bond acceptors (Lipinski definition) is 3. The molecule has 0 spiro atoms. The van der Waals surface area contributed by atoms with E-state index < -0.39 is 5.97 Å². The first-order valence-electron chi connectivity index (χ1n) is 8.97. The maximum Gasteiger partial charge on any atom is 0.335 e. The molecule has 6 heteroatoms. The molecule has 3 rings (SSSR count). The minimum atomic E-state index is -1.00. The molecule has 1 atom stereocenters. The summed E-state index contributed by atoms with van der Waals surface area (Å²) in [7, 11) is 0. The van der Waals surface area contributed by atoms with Gasteiger partial charge in [-0.05, 0) is 48.2 Å². The fourth-order valence-electron chi connectivity index (χ4n) is 3.20. The van der Waals surface area contributed by atoms with Crippen molar-refractivity contribution in [3.63, 3.8) is 0 Å². The Morgan fingerprint density at radius 2 is 1.93 bits per heavy atom. The fraction of sp³-hybridized carbons (Fsp3) is 0.333. The van der Waals surface area contributed by atoms with Gasteiger partial charge in [0.1, 0.15) is 5.82 Å². The van der Waals surface area contributed by atoms with Crippen molar-refractivity contribution in [3.8, 4) is 0 Å². The van der Waals surface area contributed by atoms with Gasteiger partial charge >= 0.3 is 5.97 Å². The molecular weight excluding hydrogens is 349 g/mol. The van der Waals surface area contributed by atoms with Gasteiger partial charge in [-0.3, -0.25) is 4.79 Å². The lowest BCUT2D eigenvalue weighted by atomic mass is 10.1. The number of rotatable bonds is 7. The minimum Gasteiger partial charge on any atom is -0.478 e. The molecule has 1 unspecified atom stereocenters. The van der Waals surface area contributed by atoms with E-state index in [-0.39, 0.29) is 29.8 Å². The van der Waals surface area contributed by atoms with E-state index in [1.807, 2.05) is 0 Å². The number of benzene rings is 2. The zero-order valence-corrected chi connectivity index (χ0v) is 14.9. The third-order valence-corrected chi connectivity index (χ3v) is 4.62. The van der Waals surface area contributed by atoms with E-state index >= 15 is 0 Å². The summed E-state index contributed by atoms with van der Waals surface area (Å²) in [5.74, 6) is -1.43. The molecule has 1 aliphatic rings. The Kier molecular flexibility index (Phi) is 6.19. The summed E-state index contributed by atoms with van der Waals surface area (Å²) in [5.41, 5.74) is 1.64. The molecule has 1 heterocycles. The molecule has 0 aromatic heterocycles. The average Bonchev–Trinajstić information content (AvgIpc) is 3.15. The number of ether oxygens (including phenoxy) is 1. The molecule has 142 valence electrons. The van der Waals surface area contributed by atoms with Gasteiger partial charge in [0.25, 0.3) is 0 Å². The van der Waals surface area contributed by atoms with Crippen molar-refractivity contribution < 1.29 is 23.8 Å². The van der Waals surface area contributed by atoms with Crippen molar-refractivity contribution in [1.82, 2.24) is 4.90 Å². The lowest BCUT2D eigenvalue weighted by Crippen LogP contribution is -2.37. The number of carbonyl (C=O) groups excluding carboxylic acids is 1. The van der Waals surface area contributed by atoms with Gasteiger partial charge in [-0.15, -0.1) is 0 Å². The van der Waals surface area contributed by atoms with Crippen LogP contribution in [0.25, 0.3) is 0 Å². The predicted octanol–water partition coefficient (Wildman–Crippen LogP) is 3.27. The summed E-state index contributed by atoms with van der Waals surface area (Å²) in [6, 6.07) is 12.5. The summed E-state index contributed by atoms with van der Waals surface area (Å²) < 4.78 is 19.2. The molecule has 27 heavy (non-hydrogen) atoms. The summed E-state index contributed by atoms with van der Waals surface area (Å²) in [4.78, 5) is 25.5. The average molecular weight is 371 g/mol. The van der Waals surface area contributed by atoms with Crippen LogP contribution in [0.2, 0.25) is 0 Å². The smallest absolute Gasteiger partial charge is 0.335 e. The number of halogens is 1. The Labute approximate surface area is 157 Å². The maximum atomic E-state index is 13.5. The van der Waals surface area contributed by atoms with E-state index in [0.29, 0.717) is 19.7 Å². The second kappa shape index (κ2) is 8.77. The van der Waals surface area contributed by atoms with Gasteiger partial charge in [-0.2, -0.15) is 0 Å². The van der Waals surface area contributed by atoms with Gasteiger partial charge in [0.05, 0.1) is 18.1 Å². The van der Waals surface area contributed by atoms with Gasteiger partial charge in [0.15, 0.2) is 0 Å². The predicted molar refractivity (Wildman–Crippen MR) is 97.9 cm³/mol. The van der Waals surface area contributed by atoms with Gasteiger partial charge in [-0.25, -0.2) is 9.18 Å². The van der Waals surface area contributed by atoms with E-state index in [2.05, 4.69) is 0 Å². The van der Waals surface area contributed by atoms with E-state index in [1.165, 1.54) is 24.3 Å². The van der Waals surface area contributed by atoms with Crippen molar-refractivity contribution in [2.45, 2.75) is 31.9 Å².